The number of nitrogens with one attached hydrogen (secondary N) is 2. The van der Waals surface area contributed by atoms with E-state index in [1.54, 1.807) is 14.2 Å². The molecule has 0 amide bonds. The van der Waals surface area contributed by atoms with Gasteiger partial charge in [0.25, 0.3) is 0 Å². The highest BCUT2D eigenvalue weighted by Gasteiger charge is 2.20. The van der Waals surface area contributed by atoms with Crippen LogP contribution in [0.3, 0.4) is 0 Å². The predicted molar refractivity (Wildman–Crippen MR) is 116 cm³/mol. The molecule has 1 saturated carbocycles. The van der Waals surface area contributed by atoms with Crippen molar-refractivity contribution in [1.82, 2.24) is 10.6 Å². The highest BCUT2D eigenvalue weighted by atomic mass is 127. The van der Waals surface area contributed by atoms with Crippen LogP contribution in [0.25, 0.3) is 0 Å². The number of ether oxygens (including phenoxy) is 3. The number of halogens is 1. The van der Waals surface area contributed by atoms with Crippen LogP contribution in [0.1, 0.15) is 31.7 Å². The maximum absolute atomic E-state index is 5.65. The smallest absolute Gasteiger partial charge is 0.191 e. The molecule has 2 N–H and O–H groups in total. The van der Waals surface area contributed by atoms with Crippen LogP contribution in [0.4, 0.5) is 0 Å². The van der Waals surface area contributed by atoms with Crippen molar-refractivity contribution in [3.05, 3.63) is 23.8 Å². The van der Waals surface area contributed by atoms with Crippen LogP contribution in [0.15, 0.2) is 23.2 Å². The molecule has 0 spiro atoms. The quantitative estimate of drug-likeness (QED) is 0.222. The minimum atomic E-state index is 0. The minimum absolute atomic E-state index is 0. The summed E-state index contributed by atoms with van der Waals surface area (Å²) in [4.78, 5) is 4.64. The summed E-state index contributed by atoms with van der Waals surface area (Å²) in [6, 6.07) is 5.83. The molecule has 1 aliphatic rings. The summed E-state index contributed by atoms with van der Waals surface area (Å²) < 4.78 is 16.4. The molecule has 0 saturated heterocycles. The minimum Gasteiger partial charge on any atom is -0.493 e. The van der Waals surface area contributed by atoms with Gasteiger partial charge in [0.05, 0.1) is 20.8 Å². The Morgan fingerprint density at radius 3 is 2.65 bits per heavy atom. The fourth-order valence-corrected chi connectivity index (χ4v) is 2.50. The Morgan fingerprint density at radius 2 is 2.00 bits per heavy atom. The van der Waals surface area contributed by atoms with Gasteiger partial charge in [0, 0.05) is 31.9 Å². The molecule has 2 rings (SSSR count). The van der Waals surface area contributed by atoms with Crippen LogP contribution in [0, 0.1) is 5.92 Å². The lowest BCUT2D eigenvalue weighted by Crippen LogP contribution is -2.38. The Morgan fingerprint density at radius 1 is 1.19 bits per heavy atom. The van der Waals surface area contributed by atoms with E-state index in [0.717, 1.165) is 61.7 Å². The van der Waals surface area contributed by atoms with Crippen molar-refractivity contribution in [2.45, 2.75) is 32.7 Å². The first-order valence-electron chi connectivity index (χ1n) is 9.08. The van der Waals surface area contributed by atoms with Gasteiger partial charge >= 0.3 is 0 Å². The second kappa shape index (κ2) is 13.0. The number of nitrogens with zero attached hydrogens (tertiary/aromatic N) is 1. The standard InChI is InChI=1S/C19H31N3O3.HI/c1-4-20-19(21-11-6-12-25-14-15-9-10-15)22-13-16-7-5-8-17(23-2)18(16)24-3;/h5,7-8,15H,4,6,9-14H2,1-3H3,(H2,20,21,22);1H. The summed E-state index contributed by atoms with van der Waals surface area (Å²) in [6.07, 6.45) is 3.64. The lowest BCUT2D eigenvalue weighted by atomic mass is 10.2. The second-order valence-electron chi connectivity index (χ2n) is 6.15. The third-order valence-electron chi connectivity index (χ3n) is 4.04. The molecule has 1 aromatic rings. The van der Waals surface area contributed by atoms with Crippen LogP contribution in [0.2, 0.25) is 0 Å². The maximum atomic E-state index is 5.65. The molecule has 148 valence electrons. The Balaban J connectivity index is 0.00000338. The van der Waals surface area contributed by atoms with E-state index in [-0.39, 0.29) is 24.0 Å². The van der Waals surface area contributed by atoms with Gasteiger partial charge in [-0.25, -0.2) is 4.99 Å². The van der Waals surface area contributed by atoms with Crippen molar-refractivity contribution in [2.75, 3.05) is 40.5 Å². The molecule has 0 aromatic heterocycles. The normalized spacial score (nSPS) is 13.7. The van der Waals surface area contributed by atoms with Gasteiger partial charge in [-0.1, -0.05) is 12.1 Å². The molecule has 7 heteroatoms. The average Bonchev–Trinajstić information content (AvgIpc) is 3.46. The van der Waals surface area contributed by atoms with E-state index in [0.29, 0.717) is 6.54 Å². The van der Waals surface area contributed by atoms with Crippen LogP contribution >= 0.6 is 24.0 Å². The van der Waals surface area contributed by atoms with Gasteiger partial charge in [-0.2, -0.15) is 0 Å². The first-order chi connectivity index (χ1) is 12.3. The number of benzene rings is 1. The zero-order valence-electron chi connectivity index (χ0n) is 16.0. The van der Waals surface area contributed by atoms with E-state index < -0.39 is 0 Å². The Hall–Kier alpha value is -1.22. The van der Waals surface area contributed by atoms with E-state index >= 15 is 0 Å². The second-order valence-corrected chi connectivity index (χ2v) is 6.15. The third kappa shape index (κ3) is 7.99. The Labute approximate surface area is 174 Å². The molecule has 26 heavy (non-hydrogen) atoms. The molecule has 1 fully saturated rings. The van der Waals surface area contributed by atoms with Gasteiger partial charge in [-0.05, 0) is 38.2 Å². The summed E-state index contributed by atoms with van der Waals surface area (Å²) >= 11 is 0. The van der Waals surface area contributed by atoms with Gasteiger partial charge in [0.15, 0.2) is 17.5 Å². The SMILES string of the molecule is CCNC(=NCc1cccc(OC)c1OC)NCCCOCC1CC1.I. The number of hydrogen-bond donors (Lipinski definition) is 2. The maximum Gasteiger partial charge on any atom is 0.191 e. The van der Waals surface area contributed by atoms with Gasteiger partial charge in [-0.3, -0.25) is 0 Å². The molecule has 1 aromatic carbocycles. The summed E-state index contributed by atoms with van der Waals surface area (Å²) in [6.45, 7) is 5.96. The number of aliphatic imine (C=N–C) groups is 1. The topological polar surface area (TPSA) is 64.1 Å². The number of rotatable bonds is 11. The Bertz CT molecular complexity index is 551. The number of methoxy groups -OCH3 is 2. The molecule has 0 atom stereocenters. The monoisotopic (exact) mass is 477 g/mol. The van der Waals surface area contributed by atoms with Crippen molar-refractivity contribution in [1.29, 1.82) is 0 Å². The van der Waals surface area contributed by atoms with E-state index in [1.165, 1.54) is 12.8 Å². The first-order valence-corrected chi connectivity index (χ1v) is 9.08. The molecule has 0 radical (unpaired) electrons. The summed E-state index contributed by atoms with van der Waals surface area (Å²) in [5.41, 5.74) is 0.992. The molecule has 0 heterocycles. The highest BCUT2D eigenvalue weighted by molar-refractivity contribution is 14.0. The van der Waals surface area contributed by atoms with E-state index in [2.05, 4.69) is 22.5 Å². The summed E-state index contributed by atoms with van der Waals surface area (Å²) in [5.74, 6) is 3.08. The molecule has 1 aliphatic carbocycles. The van der Waals surface area contributed by atoms with Gasteiger partial charge < -0.3 is 24.8 Å². The first kappa shape index (κ1) is 22.8. The van der Waals surface area contributed by atoms with Crippen LogP contribution < -0.4 is 20.1 Å². The largest absolute Gasteiger partial charge is 0.493 e. The molecule has 0 bridgehead atoms. The highest BCUT2D eigenvalue weighted by Crippen LogP contribution is 2.31. The van der Waals surface area contributed by atoms with E-state index in [9.17, 15) is 0 Å². The molecular weight excluding hydrogens is 445 g/mol. The van der Waals surface area contributed by atoms with Crippen molar-refractivity contribution >= 4 is 29.9 Å². The number of para-hydroxylation sites is 1. The van der Waals surface area contributed by atoms with Gasteiger partial charge in [0.1, 0.15) is 0 Å². The van der Waals surface area contributed by atoms with Gasteiger partial charge in [0.2, 0.25) is 0 Å². The number of guanidine groups is 1. The summed E-state index contributed by atoms with van der Waals surface area (Å²) in [5, 5.41) is 6.61. The third-order valence-corrected chi connectivity index (χ3v) is 4.04. The fraction of sp³-hybridized carbons (Fsp3) is 0.632. The fourth-order valence-electron chi connectivity index (χ4n) is 2.50. The Kier molecular flexibility index (Phi) is 11.4. The zero-order valence-corrected chi connectivity index (χ0v) is 18.4. The summed E-state index contributed by atoms with van der Waals surface area (Å²) in [7, 11) is 3.29. The average molecular weight is 477 g/mol. The van der Waals surface area contributed by atoms with Crippen molar-refractivity contribution in [2.24, 2.45) is 10.9 Å². The lowest BCUT2D eigenvalue weighted by Gasteiger charge is -2.13. The predicted octanol–water partition coefficient (Wildman–Crippen LogP) is 3.19. The van der Waals surface area contributed by atoms with Crippen LogP contribution in [-0.2, 0) is 11.3 Å². The number of hydrogen-bond acceptors (Lipinski definition) is 4. The van der Waals surface area contributed by atoms with Gasteiger partial charge in [-0.15, -0.1) is 24.0 Å². The van der Waals surface area contributed by atoms with E-state index in [4.69, 9.17) is 14.2 Å². The molecule has 0 unspecified atom stereocenters. The molecule has 0 aliphatic heterocycles. The van der Waals surface area contributed by atoms with Crippen molar-refractivity contribution in [3.63, 3.8) is 0 Å². The van der Waals surface area contributed by atoms with E-state index in [1.807, 2.05) is 18.2 Å². The van der Waals surface area contributed by atoms with Crippen molar-refractivity contribution in [3.8, 4) is 11.5 Å². The molecular formula is C19H32IN3O3. The van der Waals surface area contributed by atoms with Crippen molar-refractivity contribution < 1.29 is 14.2 Å². The van der Waals surface area contributed by atoms with Crippen LogP contribution in [0.5, 0.6) is 11.5 Å². The lowest BCUT2D eigenvalue weighted by molar-refractivity contribution is 0.123. The molecule has 6 nitrogen and oxygen atoms in total. The zero-order chi connectivity index (χ0) is 17.9. The van der Waals surface area contributed by atoms with Crippen LogP contribution in [-0.4, -0.2) is 46.5 Å².